The molecule has 0 unspecified atom stereocenters. The van der Waals surface area contributed by atoms with Gasteiger partial charge < -0.3 is 5.32 Å². The van der Waals surface area contributed by atoms with Gasteiger partial charge in [0.15, 0.2) is 0 Å². The summed E-state index contributed by atoms with van der Waals surface area (Å²) in [5.74, 6) is 4.14. The Morgan fingerprint density at radius 3 is 2.93 bits per heavy atom. The van der Waals surface area contributed by atoms with Crippen LogP contribution in [0.3, 0.4) is 0 Å². The molecule has 4 heteroatoms. The van der Waals surface area contributed by atoms with Crippen LogP contribution < -0.4 is 5.32 Å². The highest BCUT2D eigenvalue weighted by atomic mass is 32.2. The van der Waals surface area contributed by atoms with Gasteiger partial charge >= 0.3 is 0 Å². The minimum absolute atomic E-state index is 1.00. The van der Waals surface area contributed by atoms with E-state index in [1.165, 1.54) is 24.1 Å². The number of anilines is 1. The summed E-state index contributed by atoms with van der Waals surface area (Å²) < 4.78 is 0. The van der Waals surface area contributed by atoms with E-state index in [2.05, 4.69) is 22.2 Å². The van der Waals surface area contributed by atoms with Crippen LogP contribution in [0.1, 0.15) is 36.8 Å². The summed E-state index contributed by atoms with van der Waals surface area (Å²) in [6, 6.07) is 0. The first-order chi connectivity index (χ1) is 7.35. The van der Waals surface area contributed by atoms with Crippen LogP contribution in [0.2, 0.25) is 0 Å². The van der Waals surface area contributed by atoms with E-state index in [-0.39, 0.29) is 0 Å². The van der Waals surface area contributed by atoms with Crippen LogP contribution in [-0.2, 0) is 17.9 Å². The first kappa shape index (κ1) is 10.7. The molecule has 2 heterocycles. The van der Waals surface area contributed by atoms with Crippen molar-refractivity contribution in [2.75, 3.05) is 12.4 Å². The molecule has 0 amide bonds. The number of aromatic nitrogens is 2. The molecule has 0 aromatic carbocycles. The molecule has 0 bridgehead atoms. The summed E-state index contributed by atoms with van der Waals surface area (Å²) in [6.45, 7) is 2.20. The number of nitrogens with zero attached hydrogens (tertiary/aromatic N) is 2. The van der Waals surface area contributed by atoms with E-state index < -0.39 is 0 Å². The zero-order valence-corrected chi connectivity index (χ0v) is 10.2. The van der Waals surface area contributed by atoms with Gasteiger partial charge in [0.2, 0.25) is 0 Å². The van der Waals surface area contributed by atoms with Crippen molar-refractivity contribution in [3.05, 3.63) is 17.1 Å². The molecule has 0 atom stereocenters. The van der Waals surface area contributed by atoms with E-state index in [0.717, 1.165) is 29.6 Å². The number of unbranched alkanes of at least 4 members (excludes halogenated alkanes) is 1. The lowest BCUT2D eigenvalue weighted by molar-refractivity contribution is 0.747. The standard InChI is InChI=1S/C11H17N3S/c1-3-4-5-10-13-9-7-15-6-8(9)11(12-2)14-10/h3-7H2,1-2H3,(H,12,13,14). The lowest BCUT2D eigenvalue weighted by atomic mass is 10.2. The van der Waals surface area contributed by atoms with Gasteiger partial charge in [-0.25, -0.2) is 9.97 Å². The lowest BCUT2D eigenvalue weighted by Gasteiger charge is -2.08. The van der Waals surface area contributed by atoms with E-state index >= 15 is 0 Å². The smallest absolute Gasteiger partial charge is 0.133 e. The van der Waals surface area contributed by atoms with Gasteiger partial charge in [-0.3, -0.25) is 0 Å². The maximum atomic E-state index is 4.63. The van der Waals surface area contributed by atoms with Crippen molar-refractivity contribution in [3.8, 4) is 0 Å². The van der Waals surface area contributed by atoms with Crippen molar-refractivity contribution >= 4 is 17.6 Å². The van der Waals surface area contributed by atoms with Crippen molar-refractivity contribution in [1.29, 1.82) is 0 Å². The zero-order valence-electron chi connectivity index (χ0n) is 9.34. The normalized spacial score (nSPS) is 14.0. The van der Waals surface area contributed by atoms with Crippen LogP contribution in [0.5, 0.6) is 0 Å². The van der Waals surface area contributed by atoms with Crippen molar-refractivity contribution in [3.63, 3.8) is 0 Å². The number of fused-ring (bicyclic) bond motifs is 1. The van der Waals surface area contributed by atoms with Gasteiger partial charge in [0.1, 0.15) is 11.6 Å². The van der Waals surface area contributed by atoms with Gasteiger partial charge in [-0.05, 0) is 6.42 Å². The highest BCUT2D eigenvalue weighted by Gasteiger charge is 2.18. The minimum Gasteiger partial charge on any atom is -0.373 e. The number of aryl methyl sites for hydroxylation is 1. The van der Waals surface area contributed by atoms with E-state index in [4.69, 9.17) is 0 Å². The molecule has 1 N–H and O–H groups in total. The van der Waals surface area contributed by atoms with E-state index in [0.29, 0.717) is 0 Å². The molecular weight excluding hydrogens is 206 g/mol. The molecule has 0 saturated heterocycles. The quantitative estimate of drug-likeness (QED) is 0.851. The molecule has 15 heavy (non-hydrogen) atoms. The van der Waals surface area contributed by atoms with Crippen LogP contribution >= 0.6 is 11.8 Å². The number of rotatable bonds is 4. The van der Waals surface area contributed by atoms with Crippen LogP contribution in [0.15, 0.2) is 0 Å². The second kappa shape index (κ2) is 4.84. The fourth-order valence-corrected chi connectivity index (χ4v) is 2.80. The van der Waals surface area contributed by atoms with Gasteiger partial charge in [-0.15, -0.1) is 0 Å². The third-order valence-corrected chi connectivity index (χ3v) is 3.59. The molecule has 0 fully saturated rings. The van der Waals surface area contributed by atoms with E-state index in [9.17, 15) is 0 Å². The van der Waals surface area contributed by atoms with Gasteiger partial charge in [0.05, 0.1) is 5.69 Å². The number of thioether (sulfide) groups is 1. The maximum absolute atomic E-state index is 4.63. The molecule has 82 valence electrons. The molecule has 2 rings (SSSR count). The van der Waals surface area contributed by atoms with E-state index in [1.54, 1.807) is 0 Å². The predicted molar refractivity (Wildman–Crippen MR) is 65.2 cm³/mol. The molecule has 1 aliphatic heterocycles. The topological polar surface area (TPSA) is 37.8 Å². The molecule has 1 aliphatic rings. The summed E-state index contributed by atoms with van der Waals surface area (Å²) in [7, 11) is 1.94. The van der Waals surface area contributed by atoms with Gasteiger partial charge in [0.25, 0.3) is 0 Å². The van der Waals surface area contributed by atoms with Crippen molar-refractivity contribution in [2.45, 2.75) is 37.7 Å². The Balaban J connectivity index is 2.26. The molecular formula is C11H17N3S. The number of hydrogen-bond acceptors (Lipinski definition) is 4. The summed E-state index contributed by atoms with van der Waals surface area (Å²) in [4.78, 5) is 9.19. The number of hydrogen-bond donors (Lipinski definition) is 1. The summed E-state index contributed by atoms with van der Waals surface area (Å²) >= 11 is 1.92. The molecule has 1 aromatic rings. The first-order valence-corrected chi connectivity index (χ1v) is 6.64. The van der Waals surface area contributed by atoms with Crippen LogP contribution in [0.25, 0.3) is 0 Å². The zero-order chi connectivity index (χ0) is 10.7. The Kier molecular flexibility index (Phi) is 3.46. The van der Waals surface area contributed by atoms with Crippen LogP contribution in [0.4, 0.5) is 5.82 Å². The predicted octanol–water partition coefficient (Wildman–Crippen LogP) is 2.61. The van der Waals surface area contributed by atoms with Crippen molar-refractivity contribution < 1.29 is 0 Å². The molecule has 0 spiro atoms. The Hall–Kier alpha value is -0.770. The van der Waals surface area contributed by atoms with Gasteiger partial charge in [0, 0.05) is 30.5 Å². The van der Waals surface area contributed by atoms with E-state index in [1.807, 2.05) is 18.8 Å². The summed E-state index contributed by atoms with van der Waals surface area (Å²) in [5.41, 5.74) is 2.55. The van der Waals surface area contributed by atoms with Crippen LogP contribution in [-0.4, -0.2) is 17.0 Å². The molecule has 3 nitrogen and oxygen atoms in total. The maximum Gasteiger partial charge on any atom is 0.133 e. The first-order valence-electron chi connectivity index (χ1n) is 5.49. The largest absolute Gasteiger partial charge is 0.373 e. The Bertz CT molecular complexity index is 352. The molecule has 1 aromatic heterocycles. The SMILES string of the molecule is CCCCc1nc2c(c(NC)n1)CSC2. The molecule has 0 saturated carbocycles. The summed E-state index contributed by atoms with van der Waals surface area (Å²) in [6.07, 6.45) is 3.38. The second-order valence-electron chi connectivity index (χ2n) is 3.76. The minimum atomic E-state index is 1.00. The average molecular weight is 223 g/mol. The van der Waals surface area contributed by atoms with Crippen LogP contribution in [0, 0.1) is 0 Å². The second-order valence-corrected chi connectivity index (χ2v) is 4.75. The third kappa shape index (κ3) is 2.25. The fourth-order valence-electron chi connectivity index (χ4n) is 1.76. The number of nitrogens with one attached hydrogen (secondary N) is 1. The highest BCUT2D eigenvalue weighted by molar-refractivity contribution is 7.98. The lowest BCUT2D eigenvalue weighted by Crippen LogP contribution is -2.05. The molecule has 0 radical (unpaired) electrons. The molecule has 0 aliphatic carbocycles. The van der Waals surface area contributed by atoms with Crippen molar-refractivity contribution in [1.82, 2.24) is 9.97 Å². The van der Waals surface area contributed by atoms with Crippen molar-refractivity contribution in [2.24, 2.45) is 0 Å². The Labute approximate surface area is 95.1 Å². The average Bonchev–Trinajstić information content (AvgIpc) is 2.73. The third-order valence-electron chi connectivity index (χ3n) is 2.61. The van der Waals surface area contributed by atoms with Gasteiger partial charge in [-0.1, -0.05) is 13.3 Å². The van der Waals surface area contributed by atoms with Gasteiger partial charge in [-0.2, -0.15) is 11.8 Å². The highest BCUT2D eigenvalue weighted by Crippen LogP contribution is 2.32. The Morgan fingerprint density at radius 1 is 1.33 bits per heavy atom. The fraction of sp³-hybridized carbons (Fsp3) is 0.636. The monoisotopic (exact) mass is 223 g/mol. The Morgan fingerprint density at radius 2 is 2.20 bits per heavy atom. The summed E-state index contributed by atoms with van der Waals surface area (Å²) in [5, 5.41) is 3.18.